The second-order valence-electron chi connectivity index (χ2n) is 4.58. The molecule has 0 unspecified atom stereocenters. The topological polar surface area (TPSA) is 80.5 Å². The second kappa shape index (κ2) is 6.31. The van der Waals surface area contributed by atoms with E-state index in [4.69, 9.17) is 0 Å². The summed E-state index contributed by atoms with van der Waals surface area (Å²) in [5, 5.41) is 10.7. The van der Waals surface area contributed by atoms with Crippen molar-refractivity contribution < 1.29 is 0 Å². The van der Waals surface area contributed by atoms with Gasteiger partial charge in [-0.3, -0.25) is 4.68 Å². The van der Waals surface area contributed by atoms with E-state index in [-0.39, 0.29) is 0 Å². The van der Waals surface area contributed by atoms with Crippen LogP contribution in [0.25, 0.3) is 0 Å². The lowest BCUT2D eigenvalue weighted by molar-refractivity contribution is 0.741. The number of nitrogens with one attached hydrogen (secondary N) is 2. The van der Waals surface area contributed by atoms with Crippen LogP contribution in [-0.4, -0.2) is 38.3 Å². The Labute approximate surface area is 118 Å². The summed E-state index contributed by atoms with van der Waals surface area (Å²) in [4.78, 5) is 13.2. The summed E-state index contributed by atoms with van der Waals surface area (Å²) in [5.74, 6) is 3.40. The maximum atomic E-state index is 4.53. The highest BCUT2D eigenvalue weighted by Crippen LogP contribution is 2.19. The lowest BCUT2D eigenvalue weighted by atomic mass is 10.3. The number of nitrogens with zero attached hydrogens (tertiary/aromatic N) is 5. The molecule has 0 aromatic carbocycles. The Balaban J connectivity index is 2.04. The molecule has 2 N–H and O–H groups in total. The summed E-state index contributed by atoms with van der Waals surface area (Å²) >= 11 is 0. The molecule has 2 aromatic heterocycles. The van der Waals surface area contributed by atoms with Crippen LogP contribution >= 0.6 is 0 Å². The van der Waals surface area contributed by atoms with Crippen molar-refractivity contribution in [2.24, 2.45) is 7.05 Å². The van der Waals surface area contributed by atoms with Gasteiger partial charge in [-0.1, -0.05) is 6.92 Å². The number of hydrogen-bond acceptors (Lipinski definition) is 6. The highest BCUT2D eigenvalue weighted by atomic mass is 15.3. The quantitative estimate of drug-likeness (QED) is 0.824. The van der Waals surface area contributed by atoms with E-state index in [2.05, 4.69) is 30.7 Å². The van der Waals surface area contributed by atoms with Crippen molar-refractivity contribution in [3.63, 3.8) is 0 Å². The summed E-state index contributed by atoms with van der Waals surface area (Å²) in [6.07, 6.45) is 3.28. The zero-order chi connectivity index (χ0) is 14.5. The van der Waals surface area contributed by atoms with E-state index in [1.807, 2.05) is 27.9 Å². The number of aryl methyl sites for hydroxylation is 2. The average Bonchev–Trinajstić information content (AvgIpc) is 2.86. The fourth-order valence-electron chi connectivity index (χ4n) is 1.93. The van der Waals surface area contributed by atoms with Gasteiger partial charge >= 0.3 is 0 Å². The van der Waals surface area contributed by atoms with Crippen molar-refractivity contribution in [3.8, 4) is 0 Å². The molecule has 108 valence electrons. The molecule has 0 aliphatic heterocycles. The van der Waals surface area contributed by atoms with Crippen LogP contribution in [-0.2, 0) is 19.9 Å². The minimum absolute atomic E-state index is 0.744. The Morgan fingerprint density at radius 3 is 2.55 bits per heavy atom. The standard InChI is InChI=1S/C13H21N7/c1-5-10-17-12(14-3)9(2)13(18-10)15-7-6-11-16-8-20(4)19-11/h8H,5-7H2,1-4H3,(H2,14,15,17,18). The summed E-state index contributed by atoms with van der Waals surface area (Å²) in [5.41, 5.74) is 1.03. The maximum Gasteiger partial charge on any atom is 0.152 e. The third-order valence-electron chi connectivity index (χ3n) is 3.03. The van der Waals surface area contributed by atoms with E-state index in [1.54, 1.807) is 11.0 Å². The normalized spacial score (nSPS) is 10.6. The van der Waals surface area contributed by atoms with Crippen LogP contribution in [0.1, 0.15) is 24.1 Å². The molecule has 2 aromatic rings. The first kappa shape index (κ1) is 14.2. The molecule has 2 heterocycles. The van der Waals surface area contributed by atoms with E-state index in [9.17, 15) is 0 Å². The molecule has 2 rings (SSSR count). The molecule has 0 bridgehead atoms. The molecule has 0 spiro atoms. The molecule has 0 aliphatic rings. The Bertz CT molecular complexity index is 576. The van der Waals surface area contributed by atoms with Gasteiger partial charge < -0.3 is 10.6 Å². The summed E-state index contributed by atoms with van der Waals surface area (Å²) in [6, 6.07) is 0. The van der Waals surface area contributed by atoms with Crippen molar-refractivity contribution >= 4 is 11.6 Å². The fraction of sp³-hybridized carbons (Fsp3) is 0.538. The molecule has 0 atom stereocenters. The number of anilines is 2. The summed E-state index contributed by atoms with van der Waals surface area (Å²) < 4.78 is 1.71. The van der Waals surface area contributed by atoms with Gasteiger partial charge in [-0.05, 0) is 6.92 Å². The van der Waals surface area contributed by atoms with Gasteiger partial charge in [0.2, 0.25) is 0 Å². The lowest BCUT2D eigenvalue weighted by Crippen LogP contribution is -2.12. The predicted molar refractivity (Wildman–Crippen MR) is 78.9 cm³/mol. The van der Waals surface area contributed by atoms with Gasteiger partial charge in [0.25, 0.3) is 0 Å². The van der Waals surface area contributed by atoms with Gasteiger partial charge in [-0.15, -0.1) is 0 Å². The third kappa shape index (κ3) is 3.23. The van der Waals surface area contributed by atoms with Gasteiger partial charge in [-0.25, -0.2) is 15.0 Å². The summed E-state index contributed by atoms with van der Waals surface area (Å²) in [7, 11) is 3.74. The SMILES string of the molecule is CCc1nc(NC)c(C)c(NCCc2ncn(C)n2)n1. The van der Waals surface area contributed by atoms with Gasteiger partial charge in [0.15, 0.2) is 5.82 Å². The molecule has 0 saturated heterocycles. The van der Waals surface area contributed by atoms with Crippen molar-refractivity contribution in [1.29, 1.82) is 0 Å². The monoisotopic (exact) mass is 275 g/mol. The molecule has 20 heavy (non-hydrogen) atoms. The Morgan fingerprint density at radius 2 is 1.95 bits per heavy atom. The van der Waals surface area contributed by atoms with Crippen LogP contribution < -0.4 is 10.6 Å². The van der Waals surface area contributed by atoms with Gasteiger partial charge in [0, 0.05) is 39.0 Å². The number of rotatable bonds is 6. The Morgan fingerprint density at radius 1 is 1.20 bits per heavy atom. The van der Waals surface area contributed by atoms with Crippen LogP contribution in [0, 0.1) is 6.92 Å². The minimum atomic E-state index is 0.744. The van der Waals surface area contributed by atoms with Crippen molar-refractivity contribution in [3.05, 3.63) is 23.5 Å². The molecule has 0 fully saturated rings. The Hall–Kier alpha value is -2.18. The maximum absolute atomic E-state index is 4.53. The van der Waals surface area contributed by atoms with Crippen LogP contribution in [0.3, 0.4) is 0 Å². The fourth-order valence-corrected chi connectivity index (χ4v) is 1.93. The van der Waals surface area contributed by atoms with E-state index in [0.717, 1.165) is 48.2 Å². The third-order valence-corrected chi connectivity index (χ3v) is 3.03. The van der Waals surface area contributed by atoms with E-state index >= 15 is 0 Å². The molecule has 7 nitrogen and oxygen atoms in total. The first-order valence-corrected chi connectivity index (χ1v) is 6.77. The van der Waals surface area contributed by atoms with E-state index < -0.39 is 0 Å². The smallest absolute Gasteiger partial charge is 0.152 e. The van der Waals surface area contributed by atoms with Crippen molar-refractivity contribution in [1.82, 2.24) is 24.7 Å². The first-order valence-electron chi connectivity index (χ1n) is 6.77. The highest BCUT2D eigenvalue weighted by Gasteiger charge is 2.09. The molecule has 0 aliphatic carbocycles. The van der Waals surface area contributed by atoms with Crippen LogP contribution in [0.15, 0.2) is 6.33 Å². The van der Waals surface area contributed by atoms with Crippen LogP contribution in [0.5, 0.6) is 0 Å². The van der Waals surface area contributed by atoms with Crippen molar-refractivity contribution in [2.45, 2.75) is 26.7 Å². The lowest BCUT2D eigenvalue weighted by Gasteiger charge is -2.12. The van der Waals surface area contributed by atoms with Crippen LogP contribution in [0.4, 0.5) is 11.6 Å². The Kier molecular flexibility index (Phi) is 4.49. The first-order chi connectivity index (χ1) is 9.63. The summed E-state index contributed by atoms with van der Waals surface area (Å²) in [6.45, 7) is 4.80. The second-order valence-corrected chi connectivity index (χ2v) is 4.58. The number of aromatic nitrogens is 5. The molecular formula is C13H21N7. The molecule has 0 amide bonds. The number of hydrogen-bond donors (Lipinski definition) is 2. The molecule has 0 radical (unpaired) electrons. The van der Waals surface area contributed by atoms with Gasteiger partial charge in [-0.2, -0.15) is 5.10 Å². The predicted octanol–water partition coefficient (Wildman–Crippen LogP) is 1.17. The largest absolute Gasteiger partial charge is 0.373 e. The minimum Gasteiger partial charge on any atom is -0.373 e. The molecule has 0 saturated carbocycles. The van der Waals surface area contributed by atoms with E-state index in [1.165, 1.54) is 0 Å². The zero-order valence-electron chi connectivity index (χ0n) is 12.4. The van der Waals surface area contributed by atoms with Crippen molar-refractivity contribution in [2.75, 3.05) is 24.2 Å². The van der Waals surface area contributed by atoms with Gasteiger partial charge in [0.05, 0.1) is 0 Å². The average molecular weight is 275 g/mol. The van der Waals surface area contributed by atoms with Gasteiger partial charge in [0.1, 0.15) is 23.8 Å². The zero-order valence-corrected chi connectivity index (χ0v) is 12.4. The highest BCUT2D eigenvalue weighted by molar-refractivity contribution is 5.56. The van der Waals surface area contributed by atoms with E-state index in [0.29, 0.717) is 0 Å². The molecule has 7 heteroatoms. The van der Waals surface area contributed by atoms with Crippen LogP contribution in [0.2, 0.25) is 0 Å². The molecular weight excluding hydrogens is 254 g/mol.